The lowest BCUT2D eigenvalue weighted by atomic mass is 10.1. The third kappa shape index (κ3) is 4.15. The molecule has 5 nitrogen and oxygen atoms in total. The number of aliphatic carboxylic acids is 1. The van der Waals surface area contributed by atoms with Gasteiger partial charge in [0.2, 0.25) is 0 Å². The van der Waals surface area contributed by atoms with Gasteiger partial charge in [0.1, 0.15) is 17.2 Å². The summed E-state index contributed by atoms with van der Waals surface area (Å²) in [5.74, 6) is 0.898. The fraction of sp³-hybridized carbons (Fsp3) is 0.235. The van der Waals surface area contributed by atoms with E-state index >= 15 is 0 Å². The predicted octanol–water partition coefficient (Wildman–Crippen LogP) is 2.78. The Morgan fingerprint density at radius 1 is 0.909 bits per heavy atom. The standard InChI is InChI=1S/C17H18O5/c1-20-13-5-3-12(4-6-13)11-16(17(18)19)22-15-9-7-14(21-2)8-10-15/h3-10,16H,11H2,1-2H3,(H,18,19)/t16-/m1/s1. The van der Waals surface area contributed by atoms with Gasteiger partial charge in [0.05, 0.1) is 14.2 Å². The molecule has 0 radical (unpaired) electrons. The minimum absolute atomic E-state index is 0.269. The summed E-state index contributed by atoms with van der Waals surface area (Å²) in [5, 5.41) is 9.32. The van der Waals surface area contributed by atoms with Crippen molar-refractivity contribution in [3.63, 3.8) is 0 Å². The van der Waals surface area contributed by atoms with Gasteiger partial charge in [-0.2, -0.15) is 0 Å². The lowest BCUT2D eigenvalue weighted by Crippen LogP contribution is -2.29. The molecule has 116 valence electrons. The quantitative estimate of drug-likeness (QED) is 0.852. The molecule has 0 amide bonds. The van der Waals surface area contributed by atoms with E-state index in [1.807, 2.05) is 12.1 Å². The van der Waals surface area contributed by atoms with Crippen LogP contribution >= 0.6 is 0 Å². The molecule has 2 aromatic carbocycles. The van der Waals surface area contributed by atoms with Crippen molar-refractivity contribution < 1.29 is 24.1 Å². The Labute approximate surface area is 129 Å². The van der Waals surface area contributed by atoms with Crippen molar-refractivity contribution in [1.29, 1.82) is 0 Å². The minimum atomic E-state index is -1.01. The molecule has 0 aliphatic heterocycles. The van der Waals surface area contributed by atoms with Crippen molar-refractivity contribution in [2.24, 2.45) is 0 Å². The normalized spacial score (nSPS) is 11.5. The van der Waals surface area contributed by atoms with Crippen LogP contribution in [0, 0.1) is 0 Å². The third-order valence-corrected chi connectivity index (χ3v) is 3.19. The minimum Gasteiger partial charge on any atom is -0.497 e. The molecule has 2 aromatic rings. The van der Waals surface area contributed by atoms with Crippen LogP contribution in [0.3, 0.4) is 0 Å². The largest absolute Gasteiger partial charge is 0.497 e. The van der Waals surface area contributed by atoms with E-state index in [2.05, 4.69) is 0 Å². The fourth-order valence-corrected chi connectivity index (χ4v) is 1.97. The zero-order chi connectivity index (χ0) is 15.9. The zero-order valence-electron chi connectivity index (χ0n) is 12.5. The van der Waals surface area contributed by atoms with Gasteiger partial charge in [-0.3, -0.25) is 0 Å². The molecule has 0 aliphatic carbocycles. The van der Waals surface area contributed by atoms with Crippen LogP contribution in [-0.4, -0.2) is 31.4 Å². The van der Waals surface area contributed by atoms with E-state index in [4.69, 9.17) is 14.2 Å². The molecule has 2 rings (SSSR count). The molecule has 22 heavy (non-hydrogen) atoms. The van der Waals surface area contributed by atoms with Gasteiger partial charge in [0.15, 0.2) is 6.10 Å². The SMILES string of the molecule is COc1ccc(C[C@@H](Oc2ccc(OC)cc2)C(=O)O)cc1. The summed E-state index contributed by atoms with van der Waals surface area (Å²) in [4.78, 5) is 11.4. The highest BCUT2D eigenvalue weighted by atomic mass is 16.5. The number of hydrogen-bond donors (Lipinski definition) is 1. The summed E-state index contributed by atoms with van der Waals surface area (Å²) in [6.07, 6.45) is -0.687. The van der Waals surface area contributed by atoms with E-state index in [1.54, 1.807) is 50.6 Å². The Balaban J connectivity index is 2.06. The summed E-state index contributed by atoms with van der Waals surface area (Å²) in [6, 6.07) is 14.1. The van der Waals surface area contributed by atoms with Crippen LogP contribution < -0.4 is 14.2 Å². The van der Waals surface area contributed by atoms with Crippen LogP contribution in [-0.2, 0) is 11.2 Å². The van der Waals surface area contributed by atoms with Crippen molar-refractivity contribution in [3.8, 4) is 17.2 Å². The van der Waals surface area contributed by atoms with Gasteiger partial charge in [0.25, 0.3) is 0 Å². The van der Waals surface area contributed by atoms with Gasteiger partial charge in [-0.25, -0.2) is 4.79 Å². The monoisotopic (exact) mass is 302 g/mol. The molecule has 0 unspecified atom stereocenters. The molecule has 0 bridgehead atoms. The van der Waals surface area contributed by atoms with E-state index in [0.29, 0.717) is 11.5 Å². The number of carbonyl (C=O) groups is 1. The van der Waals surface area contributed by atoms with E-state index in [0.717, 1.165) is 11.3 Å². The van der Waals surface area contributed by atoms with Crippen LogP contribution in [0.5, 0.6) is 17.2 Å². The third-order valence-electron chi connectivity index (χ3n) is 3.19. The Morgan fingerprint density at radius 2 is 1.36 bits per heavy atom. The number of carboxylic acid groups (broad SMARTS) is 1. The molecule has 5 heteroatoms. The average molecular weight is 302 g/mol. The highest BCUT2D eigenvalue weighted by Gasteiger charge is 2.20. The molecule has 1 atom stereocenters. The van der Waals surface area contributed by atoms with Gasteiger partial charge < -0.3 is 19.3 Å². The summed E-state index contributed by atoms with van der Waals surface area (Å²) >= 11 is 0. The van der Waals surface area contributed by atoms with Crippen molar-refractivity contribution in [3.05, 3.63) is 54.1 Å². The van der Waals surface area contributed by atoms with Crippen LogP contribution in [0.15, 0.2) is 48.5 Å². The summed E-state index contributed by atoms with van der Waals surface area (Å²) < 4.78 is 15.7. The molecule has 0 saturated carbocycles. The fourth-order valence-electron chi connectivity index (χ4n) is 1.97. The topological polar surface area (TPSA) is 65.0 Å². The summed E-state index contributed by atoms with van der Waals surface area (Å²) in [7, 11) is 3.15. The molecule has 0 aromatic heterocycles. The Bertz CT molecular complexity index is 554. The number of benzene rings is 2. The molecular formula is C17H18O5. The molecule has 0 spiro atoms. The van der Waals surface area contributed by atoms with Crippen LogP contribution in [0.1, 0.15) is 5.56 Å². The summed E-state index contributed by atoms with van der Waals surface area (Å²) in [6.45, 7) is 0. The zero-order valence-corrected chi connectivity index (χ0v) is 12.5. The maximum Gasteiger partial charge on any atom is 0.345 e. The summed E-state index contributed by atoms with van der Waals surface area (Å²) in [5.41, 5.74) is 0.863. The van der Waals surface area contributed by atoms with E-state index < -0.39 is 12.1 Å². The maximum absolute atomic E-state index is 11.4. The van der Waals surface area contributed by atoms with Gasteiger partial charge >= 0.3 is 5.97 Å². The van der Waals surface area contributed by atoms with E-state index in [1.165, 1.54) is 0 Å². The Kier molecular flexibility index (Phi) is 5.25. The van der Waals surface area contributed by atoms with E-state index in [9.17, 15) is 9.90 Å². The molecule has 0 aliphatic rings. The Morgan fingerprint density at radius 3 is 1.82 bits per heavy atom. The lowest BCUT2D eigenvalue weighted by molar-refractivity contribution is -0.145. The number of methoxy groups -OCH3 is 2. The predicted molar refractivity (Wildman–Crippen MR) is 81.7 cm³/mol. The second-order valence-corrected chi connectivity index (χ2v) is 4.67. The number of ether oxygens (including phenoxy) is 3. The first-order valence-electron chi connectivity index (χ1n) is 6.79. The van der Waals surface area contributed by atoms with Crippen LogP contribution in [0.25, 0.3) is 0 Å². The smallest absolute Gasteiger partial charge is 0.345 e. The molecule has 0 saturated heterocycles. The average Bonchev–Trinajstić information content (AvgIpc) is 2.55. The molecular weight excluding hydrogens is 284 g/mol. The van der Waals surface area contributed by atoms with Crippen molar-refractivity contribution in [2.75, 3.05) is 14.2 Å². The molecule has 0 fully saturated rings. The number of rotatable bonds is 7. The second kappa shape index (κ2) is 7.36. The maximum atomic E-state index is 11.4. The molecule has 1 N–H and O–H groups in total. The van der Waals surface area contributed by atoms with Gasteiger partial charge in [-0.05, 0) is 42.0 Å². The second-order valence-electron chi connectivity index (χ2n) is 4.67. The van der Waals surface area contributed by atoms with Crippen molar-refractivity contribution in [1.82, 2.24) is 0 Å². The number of hydrogen-bond acceptors (Lipinski definition) is 4. The first-order chi connectivity index (χ1) is 10.6. The first-order valence-corrected chi connectivity index (χ1v) is 6.79. The Hall–Kier alpha value is -2.69. The molecule has 0 heterocycles. The lowest BCUT2D eigenvalue weighted by Gasteiger charge is -2.15. The highest BCUT2D eigenvalue weighted by Crippen LogP contribution is 2.20. The van der Waals surface area contributed by atoms with Crippen molar-refractivity contribution in [2.45, 2.75) is 12.5 Å². The van der Waals surface area contributed by atoms with Crippen LogP contribution in [0.4, 0.5) is 0 Å². The van der Waals surface area contributed by atoms with Gasteiger partial charge in [-0.1, -0.05) is 12.1 Å². The van der Waals surface area contributed by atoms with Gasteiger partial charge in [-0.15, -0.1) is 0 Å². The number of carboxylic acids is 1. The highest BCUT2D eigenvalue weighted by molar-refractivity contribution is 5.73. The van der Waals surface area contributed by atoms with Gasteiger partial charge in [0, 0.05) is 6.42 Å². The van der Waals surface area contributed by atoms with Crippen LogP contribution in [0.2, 0.25) is 0 Å². The van der Waals surface area contributed by atoms with E-state index in [-0.39, 0.29) is 6.42 Å². The van der Waals surface area contributed by atoms with Crippen molar-refractivity contribution >= 4 is 5.97 Å². The first kappa shape index (κ1) is 15.7.